The van der Waals surface area contributed by atoms with Gasteiger partial charge >= 0.3 is 0 Å². The van der Waals surface area contributed by atoms with Gasteiger partial charge in [0.2, 0.25) is 11.0 Å². The first-order chi connectivity index (χ1) is 7.75. The summed E-state index contributed by atoms with van der Waals surface area (Å²) in [6, 6.07) is 13.8. The van der Waals surface area contributed by atoms with Crippen LogP contribution in [0.3, 0.4) is 0 Å². The molecule has 3 aromatic rings. The molecule has 0 unspecified atom stereocenters. The molecule has 0 aliphatic carbocycles. The molecule has 3 rings (SSSR count). The molecule has 0 radical (unpaired) electrons. The van der Waals surface area contributed by atoms with Crippen LogP contribution >= 0.6 is 0 Å². The number of nitrogens with zero attached hydrogens (tertiary/aromatic N) is 1. The topological polar surface area (TPSA) is 24.3 Å². The molecule has 0 amide bonds. The van der Waals surface area contributed by atoms with Crippen LogP contribution in [0.15, 0.2) is 48.7 Å². The number of hydrogen-bond donors (Lipinski definition) is 1. The van der Waals surface area contributed by atoms with Crippen molar-refractivity contribution >= 4 is 16.4 Å². The van der Waals surface area contributed by atoms with Gasteiger partial charge in [0.1, 0.15) is 5.75 Å². The van der Waals surface area contributed by atoms with Crippen LogP contribution in [-0.4, -0.2) is 5.11 Å². The predicted octanol–water partition coefficient (Wildman–Crippen LogP) is 2.59. The molecule has 78 valence electrons. The smallest absolute Gasteiger partial charge is 0.222 e. The second-order valence-electron chi connectivity index (χ2n) is 4.05. The molecule has 0 spiro atoms. The maximum absolute atomic E-state index is 9.95. The van der Waals surface area contributed by atoms with Gasteiger partial charge < -0.3 is 5.11 Å². The van der Waals surface area contributed by atoms with Crippen molar-refractivity contribution in [1.29, 1.82) is 0 Å². The van der Waals surface area contributed by atoms with Gasteiger partial charge in [-0.2, -0.15) is 4.40 Å². The van der Waals surface area contributed by atoms with Gasteiger partial charge in [-0.1, -0.05) is 6.07 Å². The summed E-state index contributed by atoms with van der Waals surface area (Å²) in [6.07, 6.45) is 2.01. The third-order valence-electron chi connectivity index (χ3n) is 2.86. The summed E-state index contributed by atoms with van der Waals surface area (Å²) in [7, 11) is 0. The third-order valence-corrected chi connectivity index (χ3v) is 2.86. The largest absolute Gasteiger partial charge is 0.507 e. The number of benzene rings is 1. The lowest BCUT2D eigenvalue weighted by Gasteiger charge is -2.00. The van der Waals surface area contributed by atoms with Crippen LogP contribution in [0.4, 0.5) is 0 Å². The minimum Gasteiger partial charge on any atom is -0.507 e. The number of fused-ring (bicyclic) bond motifs is 3. The van der Waals surface area contributed by atoms with E-state index >= 15 is 0 Å². The molecule has 16 heavy (non-hydrogen) atoms. The monoisotopic (exact) mass is 210 g/mol. The Morgan fingerprint density at radius 3 is 2.81 bits per heavy atom. The van der Waals surface area contributed by atoms with Gasteiger partial charge in [-0.15, -0.1) is 0 Å². The highest BCUT2D eigenvalue weighted by Crippen LogP contribution is 2.23. The van der Waals surface area contributed by atoms with E-state index in [4.69, 9.17) is 0 Å². The molecule has 0 atom stereocenters. The fourth-order valence-corrected chi connectivity index (χ4v) is 2.07. The van der Waals surface area contributed by atoms with E-state index in [9.17, 15) is 5.11 Å². The number of aromatic nitrogens is 1. The van der Waals surface area contributed by atoms with Gasteiger partial charge in [-0.05, 0) is 24.6 Å². The van der Waals surface area contributed by atoms with E-state index in [0.717, 1.165) is 16.4 Å². The van der Waals surface area contributed by atoms with E-state index < -0.39 is 0 Å². The Labute approximate surface area is 93.4 Å². The summed E-state index contributed by atoms with van der Waals surface area (Å²) in [5.74, 6) is 0.334. The fraction of sp³-hybridized carbons (Fsp3) is 0.0714. The highest BCUT2D eigenvalue weighted by Gasteiger charge is 2.12. The number of rotatable bonds is 0. The summed E-state index contributed by atoms with van der Waals surface area (Å²) in [6.45, 7) is 2.05. The molecular formula is C14H12NO+. The van der Waals surface area contributed by atoms with Gasteiger partial charge in [0.05, 0.1) is 11.5 Å². The molecule has 2 heteroatoms. The van der Waals surface area contributed by atoms with Crippen LogP contribution in [0, 0.1) is 6.92 Å². The Morgan fingerprint density at radius 2 is 1.94 bits per heavy atom. The van der Waals surface area contributed by atoms with Gasteiger partial charge in [-0.25, -0.2) is 0 Å². The first kappa shape index (κ1) is 9.16. The molecule has 0 saturated heterocycles. The predicted molar refractivity (Wildman–Crippen MR) is 63.5 cm³/mol. The van der Waals surface area contributed by atoms with Crippen LogP contribution in [0.1, 0.15) is 5.56 Å². The Bertz CT molecular complexity index is 689. The van der Waals surface area contributed by atoms with E-state index in [-0.39, 0.29) is 0 Å². The zero-order valence-electron chi connectivity index (χ0n) is 9.01. The average molecular weight is 210 g/mol. The van der Waals surface area contributed by atoms with E-state index in [2.05, 4.69) is 17.4 Å². The zero-order valence-corrected chi connectivity index (χ0v) is 9.01. The second-order valence-corrected chi connectivity index (χ2v) is 4.05. The molecule has 2 heterocycles. The Morgan fingerprint density at radius 1 is 1.06 bits per heavy atom. The van der Waals surface area contributed by atoms with Crippen molar-refractivity contribution in [3.8, 4) is 5.75 Å². The number of aryl methyl sites for hydroxylation is 1. The van der Waals surface area contributed by atoms with Crippen molar-refractivity contribution in [1.82, 2.24) is 0 Å². The molecule has 2 nitrogen and oxygen atoms in total. The Balaban J connectivity index is 2.61. The molecule has 2 aromatic heterocycles. The van der Waals surface area contributed by atoms with E-state index in [0.29, 0.717) is 5.75 Å². The van der Waals surface area contributed by atoms with E-state index in [1.807, 2.05) is 36.5 Å². The average Bonchev–Trinajstić information content (AvgIpc) is 2.29. The minimum atomic E-state index is 0.334. The van der Waals surface area contributed by atoms with Gasteiger partial charge in [0.15, 0.2) is 6.20 Å². The molecule has 1 N–H and O–H groups in total. The van der Waals surface area contributed by atoms with E-state index in [1.165, 1.54) is 5.56 Å². The summed E-state index contributed by atoms with van der Waals surface area (Å²) >= 11 is 0. The first-order valence-corrected chi connectivity index (χ1v) is 5.28. The van der Waals surface area contributed by atoms with Crippen LogP contribution in [0.25, 0.3) is 16.4 Å². The quantitative estimate of drug-likeness (QED) is 0.447. The second kappa shape index (κ2) is 3.20. The summed E-state index contributed by atoms with van der Waals surface area (Å²) < 4.78 is 2.09. The van der Waals surface area contributed by atoms with E-state index in [1.54, 1.807) is 6.07 Å². The third kappa shape index (κ3) is 1.23. The van der Waals surface area contributed by atoms with Gasteiger partial charge in [0.25, 0.3) is 0 Å². The van der Waals surface area contributed by atoms with Crippen molar-refractivity contribution in [3.05, 3.63) is 54.2 Å². The van der Waals surface area contributed by atoms with Gasteiger partial charge in [-0.3, -0.25) is 0 Å². The molecule has 0 aliphatic heterocycles. The lowest BCUT2D eigenvalue weighted by Crippen LogP contribution is -2.21. The Kier molecular flexibility index (Phi) is 1.83. The molecule has 0 bridgehead atoms. The standard InChI is InChI=1S/C14H11NO/c1-10-5-6-12-13(8-10)15-7-3-2-4-11(15)9-14(12)16/h2-9H,1H3/p+1. The molecule has 0 aliphatic rings. The van der Waals surface area contributed by atoms with Crippen LogP contribution in [0.2, 0.25) is 0 Å². The number of pyridine rings is 2. The maximum atomic E-state index is 9.95. The molecule has 0 saturated carbocycles. The SMILES string of the molecule is Cc1ccc2c(O)cc3cccc[n+]3c2c1. The van der Waals surface area contributed by atoms with Crippen molar-refractivity contribution in [2.45, 2.75) is 6.92 Å². The van der Waals surface area contributed by atoms with Crippen LogP contribution < -0.4 is 4.40 Å². The summed E-state index contributed by atoms with van der Waals surface area (Å²) in [5, 5.41) is 10.8. The van der Waals surface area contributed by atoms with Crippen molar-refractivity contribution in [2.24, 2.45) is 0 Å². The summed E-state index contributed by atoms with van der Waals surface area (Å²) in [5.41, 5.74) is 3.23. The van der Waals surface area contributed by atoms with Crippen molar-refractivity contribution in [3.63, 3.8) is 0 Å². The first-order valence-electron chi connectivity index (χ1n) is 5.28. The molecule has 1 aromatic carbocycles. The molecule has 0 fully saturated rings. The highest BCUT2D eigenvalue weighted by molar-refractivity contribution is 5.84. The normalized spacial score (nSPS) is 11.1. The lowest BCUT2D eigenvalue weighted by molar-refractivity contribution is -0.481. The van der Waals surface area contributed by atoms with Crippen LogP contribution in [0.5, 0.6) is 5.75 Å². The Hall–Kier alpha value is -2.09. The summed E-state index contributed by atoms with van der Waals surface area (Å²) in [4.78, 5) is 0. The fourth-order valence-electron chi connectivity index (χ4n) is 2.07. The lowest BCUT2D eigenvalue weighted by atomic mass is 10.1. The highest BCUT2D eigenvalue weighted by atomic mass is 16.3. The van der Waals surface area contributed by atoms with Crippen molar-refractivity contribution in [2.75, 3.05) is 0 Å². The zero-order chi connectivity index (χ0) is 11.1. The van der Waals surface area contributed by atoms with Crippen molar-refractivity contribution < 1.29 is 9.51 Å². The van der Waals surface area contributed by atoms with Gasteiger partial charge in [0, 0.05) is 18.2 Å². The number of aromatic hydroxyl groups is 1. The number of hydrogen-bond acceptors (Lipinski definition) is 1. The molecular weight excluding hydrogens is 198 g/mol. The van der Waals surface area contributed by atoms with Crippen LogP contribution in [-0.2, 0) is 0 Å². The minimum absolute atomic E-state index is 0.334. The maximum Gasteiger partial charge on any atom is 0.222 e.